The molecule has 0 spiro atoms. The summed E-state index contributed by atoms with van der Waals surface area (Å²) < 4.78 is 5.70. The maximum atomic E-state index is 10.8. The molecule has 0 bridgehead atoms. The van der Waals surface area contributed by atoms with Crippen LogP contribution in [0.4, 0.5) is 0 Å². The highest BCUT2D eigenvalue weighted by Gasteiger charge is 2.19. The molecule has 86 valence electrons. The van der Waals surface area contributed by atoms with Gasteiger partial charge in [0.15, 0.2) is 0 Å². The Morgan fingerprint density at radius 1 is 1.56 bits per heavy atom. The van der Waals surface area contributed by atoms with Crippen LogP contribution in [0.5, 0.6) is 0 Å². The molecular weight excluding hydrogens is 200 g/mol. The van der Waals surface area contributed by atoms with E-state index in [-0.39, 0.29) is 6.10 Å². The minimum absolute atomic E-state index is 0.281. The number of hydrogen-bond donors (Lipinski definition) is 0. The lowest BCUT2D eigenvalue weighted by atomic mass is 9.97. The van der Waals surface area contributed by atoms with Crippen molar-refractivity contribution in [3.63, 3.8) is 0 Å². The van der Waals surface area contributed by atoms with Gasteiger partial charge in [-0.15, -0.1) is 0 Å². The van der Waals surface area contributed by atoms with Gasteiger partial charge >= 0.3 is 0 Å². The van der Waals surface area contributed by atoms with E-state index in [0.717, 1.165) is 24.8 Å². The summed E-state index contributed by atoms with van der Waals surface area (Å²) in [4.78, 5) is 10.8. The second-order valence-corrected chi connectivity index (χ2v) is 3.75. The average Bonchev–Trinajstić information content (AvgIpc) is 2.34. The van der Waals surface area contributed by atoms with Gasteiger partial charge in [-0.1, -0.05) is 44.6 Å². The maximum absolute atomic E-state index is 10.8. The van der Waals surface area contributed by atoms with Crippen LogP contribution in [-0.2, 0) is 9.53 Å². The lowest BCUT2D eigenvalue weighted by Crippen LogP contribution is -2.20. The summed E-state index contributed by atoms with van der Waals surface area (Å²) in [5.74, 6) is 1.93. The van der Waals surface area contributed by atoms with Gasteiger partial charge in [-0.25, -0.2) is 4.79 Å². The third-order valence-corrected chi connectivity index (χ3v) is 2.54. The SMILES string of the molecule is C=CC1=CC=CC(=C=O)C1OCCCCC. The van der Waals surface area contributed by atoms with Crippen molar-refractivity contribution in [2.75, 3.05) is 6.61 Å². The van der Waals surface area contributed by atoms with Crippen molar-refractivity contribution in [1.82, 2.24) is 0 Å². The van der Waals surface area contributed by atoms with Gasteiger partial charge in [-0.3, -0.25) is 0 Å². The van der Waals surface area contributed by atoms with Crippen LogP contribution in [0.2, 0.25) is 0 Å². The molecule has 0 N–H and O–H groups in total. The second kappa shape index (κ2) is 7.00. The van der Waals surface area contributed by atoms with Crippen molar-refractivity contribution >= 4 is 5.94 Å². The minimum Gasteiger partial charge on any atom is -0.368 e. The first-order valence-electron chi connectivity index (χ1n) is 5.70. The predicted octanol–water partition coefficient (Wildman–Crippen LogP) is 3.00. The molecule has 0 saturated heterocycles. The largest absolute Gasteiger partial charge is 0.368 e. The Hall–Kier alpha value is -1.37. The lowest BCUT2D eigenvalue weighted by molar-refractivity contribution is 0.102. The molecule has 1 unspecified atom stereocenters. The van der Waals surface area contributed by atoms with Crippen LogP contribution in [0.3, 0.4) is 0 Å². The Kier molecular flexibility index (Phi) is 5.55. The molecule has 1 rings (SSSR count). The molecule has 2 heteroatoms. The molecular formula is C14H18O2. The van der Waals surface area contributed by atoms with Gasteiger partial charge in [-0.05, 0) is 18.1 Å². The van der Waals surface area contributed by atoms with Crippen molar-refractivity contribution in [3.8, 4) is 0 Å². The number of hydrogen-bond acceptors (Lipinski definition) is 2. The van der Waals surface area contributed by atoms with E-state index in [0.29, 0.717) is 12.2 Å². The molecule has 1 aliphatic rings. The van der Waals surface area contributed by atoms with Gasteiger partial charge in [-0.2, -0.15) is 0 Å². The zero-order valence-corrected chi connectivity index (χ0v) is 9.74. The standard InChI is InChI=1S/C14H18O2/c1-3-5-6-10-16-14-12(4-2)8-7-9-13(14)11-15/h4,7-9,14H,2-3,5-6,10H2,1H3. The quantitative estimate of drug-likeness (QED) is 0.506. The molecule has 0 aromatic carbocycles. The Labute approximate surface area is 97.0 Å². The van der Waals surface area contributed by atoms with Crippen LogP contribution < -0.4 is 0 Å². The molecule has 1 atom stereocenters. The summed E-state index contributed by atoms with van der Waals surface area (Å²) >= 11 is 0. The summed E-state index contributed by atoms with van der Waals surface area (Å²) in [6.07, 6.45) is 10.3. The predicted molar refractivity (Wildman–Crippen MR) is 65.9 cm³/mol. The monoisotopic (exact) mass is 218 g/mol. The van der Waals surface area contributed by atoms with E-state index in [1.165, 1.54) is 0 Å². The maximum Gasteiger partial charge on any atom is 0.131 e. The molecule has 0 aromatic rings. The number of rotatable bonds is 6. The van der Waals surface area contributed by atoms with E-state index in [4.69, 9.17) is 4.74 Å². The summed E-state index contributed by atoms with van der Waals surface area (Å²) in [5.41, 5.74) is 1.48. The third-order valence-electron chi connectivity index (χ3n) is 2.54. The molecule has 0 amide bonds. The smallest absolute Gasteiger partial charge is 0.131 e. The minimum atomic E-state index is -0.281. The van der Waals surface area contributed by atoms with Crippen molar-refractivity contribution in [2.45, 2.75) is 32.3 Å². The topological polar surface area (TPSA) is 26.3 Å². The number of unbranched alkanes of at least 4 members (excludes halogenated alkanes) is 2. The fraction of sp³-hybridized carbons (Fsp3) is 0.429. The van der Waals surface area contributed by atoms with Gasteiger partial charge < -0.3 is 4.74 Å². The molecule has 0 aromatic heterocycles. The van der Waals surface area contributed by atoms with E-state index in [2.05, 4.69) is 13.5 Å². The van der Waals surface area contributed by atoms with Crippen molar-refractivity contribution in [1.29, 1.82) is 0 Å². The second-order valence-electron chi connectivity index (χ2n) is 3.75. The highest BCUT2D eigenvalue weighted by molar-refractivity contribution is 5.63. The fourth-order valence-corrected chi connectivity index (χ4v) is 1.62. The van der Waals surface area contributed by atoms with Gasteiger partial charge in [0, 0.05) is 6.61 Å². The van der Waals surface area contributed by atoms with Crippen molar-refractivity contribution in [3.05, 3.63) is 42.0 Å². The molecule has 2 nitrogen and oxygen atoms in total. The molecule has 1 aliphatic carbocycles. The first-order chi connectivity index (χ1) is 7.83. The number of carbonyl (C=O) groups excluding carboxylic acids is 1. The molecule has 16 heavy (non-hydrogen) atoms. The highest BCUT2D eigenvalue weighted by atomic mass is 16.5. The fourth-order valence-electron chi connectivity index (χ4n) is 1.62. The first-order valence-corrected chi connectivity index (χ1v) is 5.70. The summed E-state index contributed by atoms with van der Waals surface area (Å²) in [6.45, 7) is 6.54. The zero-order valence-electron chi connectivity index (χ0n) is 9.74. The highest BCUT2D eigenvalue weighted by Crippen LogP contribution is 2.21. The Bertz CT molecular complexity index is 344. The molecule has 0 radical (unpaired) electrons. The van der Waals surface area contributed by atoms with E-state index in [1.54, 1.807) is 12.2 Å². The molecule has 0 saturated carbocycles. The summed E-state index contributed by atoms with van der Waals surface area (Å²) in [7, 11) is 0. The van der Waals surface area contributed by atoms with Crippen LogP contribution in [0.1, 0.15) is 26.2 Å². The van der Waals surface area contributed by atoms with Gasteiger partial charge in [0.25, 0.3) is 0 Å². The number of ether oxygens (including phenoxy) is 1. The van der Waals surface area contributed by atoms with Gasteiger partial charge in [0.05, 0.1) is 5.57 Å². The number of allylic oxidation sites excluding steroid dienone is 2. The molecule has 0 heterocycles. The molecule has 0 fully saturated rings. The van der Waals surface area contributed by atoms with Crippen LogP contribution >= 0.6 is 0 Å². The van der Waals surface area contributed by atoms with Crippen molar-refractivity contribution in [2.24, 2.45) is 0 Å². The van der Waals surface area contributed by atoms with Gasteiger partial charge in [0.1, 0.15) is 12.0 Å². The van der Waals surface area contributed by atoms with Crippen LogP contribution in [0, 0.1) is 0 Å². The van der Waals surface area contributed by atoms with E-state index in [9.17, 15) is 4.79 Å². The van der Waals surface area contributed by atoms with Crippen LogP contribution in [0.15, 0.2) is 42.0 Å². The Morgan fingerprint density at radius 3 is 3.00 bits per heavy atom. The lowest BCUT2D eigenvalue weighted by Gasteiger charge is -2.20. The van der Waals surface area contributed by atoms with Crippen LogP contribution in [-0.4, -0.2) is 18.7 Å². The zero-order chi connectivity index (χ0) is 11.8. The van der Waals surface area contributed by atoms with E-state index in [1.807, 2.05) is 18.1 Å². The Morgan fingerprint density at radius 2 is 2.38 bits per heavy atom. The Balaban J connectivity index is 2.59. The van der Waals surface area contributed by atoms with E-state index >= 15 is 0 Å². The third kappa shape index (κ3) is 3.34. The average molecular weight is 218 g/mol. The first kappa shape index (κ1) is 12.7. The van der Waals surface area contributed by atoms with Crippen LogP contribution in [0.25, 0.3) is 0 Å². The molecule has 0 aliphatic heterocycles. The van der Waals surface area contributed by atoms with Gasteiger partial charge in [0.2, 0.25) is 0 Å². The van der Waals surface area contributed by atoms with E-state index < -0.39 is 0 Å². The summed E-state index contributed by atoms with van der Waals surface area (Å²) in [5, 5.41) is 0. The van der Waals surface area contributed by atoms with Crippen molar-refractivity contribution < 1.29 is 9.53 Å². The normalized spacial score (nSPS) is 19.2. The summed E-state index contributed by atoms with van der Waals surface area (Å²) in [6, 6.07) is 0.